The molecule has 0 saturated carbocycles. The van der Waals surface area contributed by atoms with E-state index in [2.05, 4.69) is 89.6 Å². The van der Waals surface area contributed by atoms with Crippen molar-refractivity contribution >= 4 is 63.9 Å². The monoisotopic (exact) mass is 533 g/mol. The highest BCUT2D eigenvalue weighted by Crippen LogP contribution is 2.27. The number of thiocarbonyl (C=S) groups is 1. The number of amides is 1. The van der Waals surface area contributed by atoms with Gasteiger partial charge in [-0.25, -0.2) is 0 Å². The normalized spacial score (nSPS) is 14.1. The third-order valence-corrected chi connectivity index (χ3v) is 11.4. The lowest BCUT2D eigenvalue weighted by atomic mass is 10.1. The molecule has 4 aromatic carbocycles. The summed E-state index contributed by atoms with van der Waals surface area (Å²) < 4.78 is 6.14. The van der Waals surface area contributed by atoms with Gasteiger partial charge in [0.15, 0.2) is 0 Å². The molecule has 0 radical (unpaired) electrons. The Balaban J connectivity index is 1.71. The number of rotatable bonds is 5. The van der Waals surface area contributed by atoms with Gasteiger partial charge in [-0.15, -0.1) is 5.54 Å². The van der Waals surface area contributed by atoms with Crippen molar-refractivity contribution in [2.45, 2.75) is 0 Å². The van der Waals surface area contributed by atoms with Gasteiger partial charge in [-0.1, -0.05) is 127 Å². The molecule has 37 heavy (non-hydrogen) atoms. The zero-order valence-electron chi connectivity index (χ0n) is 20.1. The summed E-state index contributed by atoms with van der Waals surface area (Å²) in [5, 5.41) is 6.30. The lowest BCUT2D eigenvalue weighted by Gasteiger charge is -2.28. The van der Waals surface area contributed by atoms with E-state index in [1.807, 2.05) is 42.5 Å². The molecule has 0 aliphatic carbocycles. The Labute approximate surface area is 227 Å². The van der Waals surface area contributed by atoms with Crippen molar-refractivity contribution in [2.75, 3.05) is 7.11 Å². The van der Waals surface area contributed by atoms with Gasteiger partial charge >= 0.3 is 0 Å². The minimum atomic E-state index is -2.73. The molecule has 0 bridgehead atoms. The third-order valence-electron chi connectivity index (χ3n) is 6.17. The highest BCUT2D eigenvalue weighted by atomic mass is 32.2. The molecule has 1 amide bonds. The van der Waals surface area contributed by atoms with Crippen LogP contribution in [0.3, 0.4) is 0 Å². The maximum atomic E-state index is 12.2. The lowest BCUT2D eigenvalue weighted by Crippen LogP contribution is -2.66. The Bertz CT molecular complexity index is 1450. The molecule has 0 aromatic heterocycles. The van der Waals surface area contributed by atoms with Crippen molar-refractivity contribution in [3.05, 3.63) is 125 Å². The number of thioether (sulfide) groups is 1. The van der Waals surface area contributed by atoms with E-state index in [-0.39, 0.29) is 5.91 Å². The Hall–Kier alpha value is -3.89. The lowest BCUT2D eigenvalue weighted by molar-refractivity contribution is -0.115. The molecule has 3 nitrogen and oxygen atoms in total. The van der Waals surface area contributed by atoms with Crippen LogP contribution in [-0.4, -0.2) is 25.4 Å². The Morgan fingerprint density at radius 1 is 0.838 bits per heavy atom. The molecule has 5 rings (SSSR count). The van der Waals surface area contributed by atoms with E-state index in [0.29, 0.717) is 15.0 Å². The van der Waals surface area contributed by atoms with Crippen LogP contribution in [0.25, 0.3) is 6.08 Å². The minimum Gasteiger partial charge on any atom is -0.495 e. The molecule has 1 aliphatic rings. The molecule has 0 spiro atoms. The van der Waals surface area contributed by atoms with Crippen molar-refractivity contribution in [3.63, 3.8) is 0 Å². The highest BCUT2D eigenvalue weighted by Gasteiger charge is 2.38. The smallest absolute Gasteiger partial charge is 0.263 e. The van der Waals surface area contributed by atoms with Gasteiger partial charge in [0.2, 0.25) is 8.07 Å². The molecule has 0 unspecified atom stereocenters. The summed E-state index contributed by atoms with van der Waals surface area (Å²) in [6.07, 6.45) is 1.83. The predicted molar refractivity (Wildman–Crippen MR) is 160 cm³/mol. The quantitative estimate of drug-likeness (QED) is 0.137. The Morgan fingerprint density at radius 3 is 1.84 bits per heavy atom. The summed E-state index contributed by atoms with van der Waals surface area (Å²) in [5.74, 6) is 4.02. The molecule has 1 heterocycles. The zero-order chi connectivity index (χ0) is 25.7. The average molecular weight is 534 g/mol. The highest BCUT2D eigenvalue weighted by molar-refractivity contribution is 8.26. The molecule has 1 N–H and O–H groups in total. The number of benzene rings is 4. The molecule has 0 atom stereocenters. The van der Waals surface area contributed by atoms with Crippen molar-refractivity contribution in [1.29, 1.82) is 0 Å². The number of carbonyl (C=O) groups excluding carboxylic acids is 1. The summed E-state index contributed by atoms with van der Waals surface area (Å²) in [7, 11) is -1.09. The van der Waals surface area contributed by atoms with E-state index in [9.17, 15) is 4.79 Å². The van der Waals surface area contributed by atoms with Crippen LogP contribution in [0.4, 0.5) is 0 Å². The molecule has 4 aromatic rings. The maximum absolute atomic E-state index is 12.2. The number of nitrogens with one attached hydrogen (secondary N) is 1. The van der Waals surface area contributed by atoms with E-state index < -0.39 is 8.07 Å². The predicted octanol–water partition coefficient (Wildman–Crippen LogP) is 4.25. The summed E-state index contributed by atoms with van der Waals surface area (Å²) in [4.78, 5) is 12.8. The number of hydrogen-bond acceptors (Lipinski definition) is 4. The standard InChI is InChI=1S/C31H23NO2S2Si/c1-34-28-18-17-23(22-29-30(33)32-31(35)36-29)21-24(28)19-20-37(25-11-5-2-6-12-25,26-13-7-3-8-14-26)27-15-9-4-10-16-27/h2-18,21-22H,1H3,(H,32,33,35)/b29-22-. The molecule has 180 valence electrons. The van der Waals surface area contributed by atoms with Crippen LogP contribution in [0.1, 0.15) is 11.1 Å². The molecule has 1 saturated heterocycles. The average Bonchev–Trinajstić information content (AvgIpc) is 3.27. The van der Waals surface area contributed by atoms with Crippen LogP contribution in [-0.2, 0) is 4.79 Å². The van der Waals surface area contributed by atoms with Crippen LogP contribution < -0.4 is 25.6 Å². The first kappa shape index (κ1) is 24.8. The summed E-state index contributed by atoms with van der Waals surface area (Å²) >= 11 is 6.39. The molecule has 6 heteroatoms. The fraction of sp³-hybridized carbons (Fsp3) is 0.0323. The van der Waals surface area contributed by atoms with Crippen LogP contribution in [0.2, 0.25) is 0 Å². The second-order valence-electron chi connectivity index (χ2n) is 8.41. The van der Waals surface area contributed by atoms with Gasteiger partial charge in [0.05, 0.1) is 17.6 Å². The van der Waals surface area contributed by atoms with Gasteiger partial charge < -0.3 is 10.1 Å². The van der Waals surface area contributed by atoms with Gasteiger partial charge in [0.1, 0.15) is 10.1 Å². The van der Waals surface area contributed by atoms with E-state index in [4.69, 9.17) is 17.0 Å². The first-order valence-corrected chi connectivity index (χ1v) is 15.0. The van der Waals surface area contributed by atoms with Crippen molar-refractivity contribution < 1.29 is 9.53 Å². The molecular formula is C31H23NO2S2Si. The minimum absolute atomic E-state index is 0.179. The van der Waals surface area contributed by atoms with Crippen LogP contribution in [0, 0.1) is 11.5 Å². The van der Waals surface area contributed by atoms with E-state index in [1.54, 1.807) is 7.11 Å². The van der Waals surface area contributed by atoms with E-state index in [1.165, 1.54) is 27.3 Å². The van der Waals surface area contributed by atoms with Crippen LogP contribution in [0.5, 0.6) is 5.75 Å². The van der Waals surface area contributed by atoms with Gasteiger partial charge in [0, 0.05) is 0 Å². The Morgan fingerprint density at radius 2 is 1.38 bits per heavy atom. The van der Waals surface area contributed by atoms with Crippen molar-refractivity contribution in [3.8, 4) is 17.2 Å². The van der Waals surface area contributed by atoms with Crippen LogP contribution in [0.15, 0.2) is 114 Å². The van der Waals surface area contributed by atoms with Crippen LogP contribution >= 0.6 is 24.0 Å². The fourth-order valence-corrected chi connectivity index (χ4v) is 9.30. The summed E-state index contributed by atoms with van der Waals surface area (Å²) in [6.45, 7) is 0. The summed E-state index contributed by atoms with van der Waals surface area (Å²) in [6, 6.07) is 37.4. The van der Waals surface area contributed by atoms with E-state index >= 15 is 0 Å². The second kappa shape index (κ2) is 11.0. The number of carbonyl (C=O) groups is 1. The van der Waals surface area contributed by atoms with Gasteiger partial charge in [-0.3, -0.25) is 4.79 Å². The number of hydrogen-bond donors (Lipinski definition) is 1. The van der Waals surface area contributed by atoms with Crippen molar-refractivity contribution in [2.24, 2.45) is 0 Å². The Kier molecular flexibility index (Phi) is 7.38. The first-order chi connectivity index (χ1) is 18.1. The first-order valence-electron chi connectivity index (χ1n) is 11.7. The topological polar surface area (TPSA) is 38.3 Å². The maximum Gasteiger partial charge on any atom is 0.263 e. The number of methoxy groups -OCH3 is 1. The fourth-order valence-electron chi connectivity index (χ4n) is 4.43. The molecule has 1 fully saturated rings. The molecule has 1 aliphatic heterocycles. The third kappa shape index (κ3) is 5.16. The van der Waals surface area contributed by atoms with Gasteiger partial charge in [-0.2, -0.15) is 0 Å². The van der Waals surface area contributed by atoms with E-state index in [0.717, 1.165) is 11.1 Å². The SMILES string of the molecule is COc1ccc(/C=C2\SC(=S)NC2=O)cc1C#C[Si](c1ccccc1)(c1ccccc1)c1ccccc1. The van der Waals surface area contributed by atoms with Gasteiger partial charge in [0.25, 0.3) is 5.91 Å². The van der Waals surface area contributed by atoms with Crippen molar-refractivity contribution in [1.82, 2.24) is 5.32 Å². The number of ether oxygens (including phenoxy) is 1. The summed E-state index contributed by atoms with van der Waals surface area (Å²) in [5.41, 5.74) is 5.42. The second-order valence-corrected chi connectivity index (χ2v) is 13.6. The zero-order valence-corrected chi connectivity index (χ0v) is 22.7. The van der Waals surface area contributed by atoms with Gasteiger partial charge in [-0.05, 0) is 39.3 Å². The molecular weight excluding hydrogens is 511 g/mol. The largest absolute Gasteiger partial charge is 0.495 e.